The molecule has 0 bridgehead atoms. The van der Waals surface area contributed by atoms with Crippen molar-refractivity contribution in [3.8, 4) is 0 Å². The summed E-state index contributed by atoms with van der Waals surface area (Å²) in [6.07, 6.45) is 0.231. The van der Waals surface area contributed by atoms with Crippen LogP contribution in [0.1, 0.15) is 12.8 Å². The van der Waals surface area contributed by atoms with E-state index in [1.54, 1.807) is 17.0 Å². The van der Waals surface area contributed by atoms with E-state index in [0.29, 0.717) is 43.3 Å². The van der Waals surface area contributed by atoms with Gasteiger partial charge in [-0.05, 0) is 12.1 Å². The number of morpholine rings is 1. The maximum absolute atomic E-state index is 12.0. The Balaban J connectivity index is 1.53. The Hall–Kier alpha value is -2.68. The third-order valence-electron chi connectivity index (χ3n) is 3.57. The van der Waals surface area contributed by atoms with Crippen LogP contribution in [-0.2, 0) is 14.3 Å². The first-order valence-electron chi connectivity index (χ1n) is 7.36. The van der Waals surface area contributed by atoms with Crippen molar-refractivity contribution in [2.24, 2.45) is 0 Å². The fraction of sp³-hybridized carbons (Fsp3) is 0.429. The molecule has 2 aromatic heterocycles. The lowest BCUT2D eigenvalue weighted by atomic mass is 10.2. The summed E-state index contributed by atoms with van der Waals surface area (Å²) in [5, 5.41) is 2.62. The second-order valence-corrected chi connectivity index (χ2v) is 5.21. The van der Waals surface area contributed by atoms with E-state index in [4.69, 9.17) is 4.74 Å². The maximum atomic E-state index is 12.0. The second-order valence-electron chi connectivity index (χ2n) is 5.21. The van der Waals surface area contributed by atoms with Gasteiger partial charge in [0.05, 0.1) is 18.7 Å². The number of fused-ring (bicyclic) bond motifs is 1. The van der Waals surface area contributed by atoms with Gasteiger partial charge in [-0.25, -0.2) is 9.78 Å². The number of hydrogen-bond acceptors (Lipinski definition) is 5. The molecular formula is C14H17N5O4. The van der Waals surface area contributed by atoms with Gasteiger partial charge in [0.25, 0.3) is 0 Å². The van der Waals surface area contributed by atoms with Crippen molar-refractivity contribution in [3.63, 3.8) is 0 Å². The van der Waals surface area contributed by atoms with Gasteiger partial charge in [0, 0.05) is 25.9 Å². The van der Waals surface area contributed by atoms with E-state index in [2.05, 4.69) is 20.3 Å². The van der Waals surface area contributed by atoms with Gasteiger partial charge in [0.2, 0.25) is 11.8 Å². The first-order chi connectivity index (χ1) is 11.1. The van der Waals surface area contributed by atoms with Gasteiger partial charge in [-0.15, -0.1) is 0 Å². The molecule has 3 rings (SSSR count). The van der Waals surface area contributed by atoms with E-state index in [1.807, 2.05) is 0 Å². The molecule has 1 saturated heterocycles. The minimum absolute atomic E-state index is 0.0539. The molecule has 1 fully saturated rings. The summed E-state index contributed by atoms with van der Waals surface area (Å²) in [6.45, 7) is 2.21. The van der Waals surface area contributed by atoms with Gasteiger partial charge in [0.1, 0.15) is 5.82 Å². The normalized spacial score (nSPS) is 14.9. The third kappa shape index (κ3) is 3.75. The number of rotatable bonds is 4. The Kier molecular flexibility index (Phi) is 4.38. The largest absolute Gasteiger partial charge is 0.378 e. The van der Waals surface area contributed by atoms with Crippen molar-refractivity contribution in [1.29, 1.82) is 0 Å². The SMILES string of the molecule is O=C(CCC(=O)N1CCOCC1)Nc1ccc2[nH]c(=O)[nH]c2n1. The monoisotopic (exact) mass is 319 g/mol. The summed E-state index contributed by atoms with van der Waals surface area (Å²) in [5.74, 6) is -0.0188. The number of hydrogen-bond donors (Lipinski definition) is 3. The molecule has 0 aliphatic carbocycles. The fourth-order valence-electron chi connectivity index (χ4n) is 2.38. The van der Waals surface area contributed by atoms with Gasteiger partial charge in [-0.2, -0.15) is 0 Å². The van der Waals surface area contributed by atoms with Gasteiger partial charge in [-0.1, -0.05) is 0 Å². The fourth-order valence-corrected chi connectivity index (χ4v) is 2.38. The maximum Gasteiger partial charge on any atom is 0.325 e. The molecule has 9 heteroatoms. The van der Waals surface area contributed by atoms with E-state index in [9.17, 15) is 14.4 Å². The van der Waals surface area contributed by atoms with E-state index >= 15 is 0 Å². The summed E-state index contributed by atoms with van der Waals surface area (Å²) in [4.78, 5) is 45.9. The zero-order valence-electron chi connectivity index (χ0n) is 12.4. The van der Waals surface area contributed by atoms with Gasteiger partial charge < -0.3 is 19.9 Å². The van der Waals surface area contributed by atoms with Crippen LogP contribution in [0.5, 0.6) is 0 Å². The molecule has 2 aromatic rings. The predicted molar refractivity (Wildman–Crippen MR) is 82.0 cm³/mol. The Bertz CT molecular complexity index is 775. The summed E-state index contributed by atoms with van der Waals surface area (Å²) < 4.78 is 5.18. The number of nitrogens with zero attached hydrogens (tertiary/aromatic N) is 2. The Morgan fingerprint density at radius 3 is 2.78 bits per heavy atom. The Morgan fingerprint density at radius 2 is 2.00 bits per heavy atom. The van der Waals surface area contributed by atoms with E-state index in [1.165, 1.54) is 0 Å². The molecule has 122 valence electrons. The first-order valence-corrected chi connectivity index (χ1v) is 7.36. The molecule has 3 N–H and O–H groups in total. The highest BCUT2D eigenvalue weighted by molar-refractivity contribution is 5.93. The van der Waals surface area contributed by atoms with Crippen LogP contribution < -0.4 is 11.0 Å². The predicted octanol–water partition coefficient (Wildman–Crippen LogP) is -0.171. The lowest BCUT2D eigenvalue weighted by molar-refractivity contribution is -0.136. The van der Waals surface area contributed by atoms with Crippen LogP contribution in [0.4, 0.5) is 5.82 Å². The first kappa shape index (κ1) is 15.2. The highest BCUT2D eigenvalue weighted by Gasteiger charge is 2.17. The molecule has 0 unspecified atom stereocenters. The number of H-pyrrole nitrogens is 2. The Morgan fingerprint density at radius 1 is 1.22 bits per heavy atom. The molecule has 23 heavy (non-hydrogen) atoms. The van der Waals surface area contributed by atoms with Crippen LogP contribution in [0.3, 0.4) is 0 Å². The number of aromatic nitrogens is 3. The van der Waals surface area contributed by atoms with Gasteiger partial charge >= 0.3 is 5.69 Å². The van der Waals surface area contributed by atoms with Crippen LogP contribution in [0, 0.1) is 0 Å². The number of carbonyl (C=O) groups is 2. The zero-order chi connectivity index (χ0) is 16.2. The van der Waals surface area contributed by atoms with E-state index in [0.717, 1.165) is 0 Å². The summed E-state index contributed by atoms with van der Waals surface area (Å²) >= 11 is 0. The van der Waals surface area contributed by atoms with Crippen molar-refractivity contribution in [1.82, 2.24) is 19.9 Å². The van der Waals surface area contributed by atoms with Crippen LogP contribution in [0.15, 0.2) is 16.9 Å². The van der Waals surface area contributed by atoms with Crippen molar-refractivity contribution in [2.45, 2.75) is 12.8 Å². The number of amides is 2. The van der Waals surface area contributed by atoms with Crippen molar-refractivity contribution in [2.75, 3.05) is 31.6 Å². The smallest absolute Gasteiger partial charge is 0.325 e. The van der Waals surface area contributed by atoms with Crippen LogP contribution in [0.2, 0.25) is 0 Å². The zero-order valence-corrected chi connectivity index (χ0v) is 12.4. The molecule has 1 aliphatic rings. The molecule has 0 radical (unpaired) electrons. The van der Waals surface area contributed by atoms with E-state index in [-0.39, 0.29) is 30.3 Å². The quantitative estimate of drug-likeness (QED) is 0.722. The standard InChI is InChI=1S/C14H17N5O4/c20-11(3-4-12(21)19-5-7-23-8-6-19)16-10-2-1-9-13(17-10)18-14(22)15-9/h1-2H,3-8H2,(H3,15,16,17,18,20,22). The van der Waals surface area contributed by atoms with Crippen LogP contribution in [0.25, 0.3) is 11.2 Å². The summed E-state index contributed by atoms with van der Waals surface area (Å²) in [5.41, 5.74) is 0.583. The van der Waals surface area contributed by atoms with Gasteiger partial charge in [0.15, 0.2) is 5.65 Å². The van der Waals surface area contributed by atoms with Crippen molar-refractivity contribution < 1.29 is 14.3 Å². The highest BCUT2D eigenvalue weighted by Crippen LogP contribution is 2.10. The molecular weight excluding hydrogens is 302 g/mol. The second kappa shape index (κ2) is 6.61. The van der Waals surface area contributed by atoms with Crippen molar-refractivity contribution in [3.05, 3.63) is 22.6 Å². The lowest BCUT2D eigenvalue weighted by Crippen LogP contribution is -2.40. The number of anilines is 1. The number of carbonyl (C=O) groups excluding carboxylic acids is 2. The molecule has 2 amide bonds. The van der Waals surface area contributed by atoms with E-state index < -0.39 is 0 Å². The molecule has 3 heterocycles. The summed E-state index contributed by atoms with van der Waals surface area (Å²) in [6, 6.07) is 3.24. The van der Waals surface area contributed by atoms with Gasteiger partial charge in [-0.3, -0.25) is 14.6 Å². The highest BCUT2D eigenvalue weighted by atomic mass is 16.5. The molecule has 0 aromatic carbocycles. The number of pyridine rings is 1. The third-order valence-corrected chi connectivity index (χ3v) is 3.57. The lowest BCUT2D eigenvalue weighted by Gasteiger charge is -2.26. The average Bonchev–Trinajstić information content (AvgIpc) is 2.92. The van der Waals surface area contributed by atoms with Crippen molar-refractivity contribution >= 4 is 28.8 Å². The average molecular weight is 319 g/mol. The number of ether oxygens (including phenoxy) is 1. The molecule has 9 nitrogen and oxygen atoms in total. The number of nitrogens with one attached hydrogen (secondary N) is 3. The molecule has 0 saturated carbocycles. The summed E-state index contributed by atoms with van der Waals surface area (Å²) in [7, 11) is 0. The molecule has 1 aliphatic heterocycles. The molecule has 0 atom stereocenters. The minimum Gasteiger partial charge on any atom is -0.378 e. The number of imidazole rings is 1. The topological polar surface area (TPSA) is 120 Å². The number of aromatic amines is 2. The van der Waals surface area contributed by atoms with Crippen LogP contribution >= 0.6 is 0 Å². The Labute approximate surface area is 131 Å². The molecule has 0 spiro atoms. The minimum atomic E-state index is -0.355. The van der Waals surface area contributed by atoms with Crippen LogP contribution in [-0.4, -0.2) is 58.0 Å².